The van der Waals surface area contributed by atoms with Crippen LogP contribution in [0.2, 0.25) is 0 Å². The fourth-order valence-electron chi connectivity index (χ4n) is 1.44. The molecule has 15 heavy (non-hydrogen) atoms. The van der Waals surface area contributed by atoms with Gasteiger partial charge >= 0.3 is 0 Å². The van der Waals surface area contributed by atoms with E-state index in [1.165, 1.54) is 21.1 Å². The molecule has 1 atom stereocenters. The number of alkyl halides is 1. The largest absolute Gasteiger partial charge is 0.493 e. The third-order valence-electron chi connectivity index (χ3n) is 2.24. The van der Waals surface area contributed by atoms with E-state index in [2.05, 4.69) is 0 Å². The van der Waals surface area contributed by atoms with Crippen LogP contribution in [0.1, 0.15) is 24.2 Å². The lowest BCUT2D eigenvalue weighted by Crippen LogP contribution is -1.99. The first-order valence-corrected chi connectivity index (χ1v) is 4.63. The van der Waals surface area contributed by atoms with Gasteiger partial charge in [-0.2, -0.15) is 0 Å². The Kier molecular flexibility index (Phi) is 3.91. The lowest BCUT2D eigenvalue weighted by Gasteiger charge is -2.14. The molecular formula is C11H15FO3. The van der Waals surface area contributed by atoms with E-state index < -0.39 is 6.17 Å². The average Bonchev–Trinajstić information content (AvgIpc) is 2.26. The van der Waals surface area contributed by atoms with E-state index in [9.17, 15) is 4.39 Å². The van der Waals surface area contributed by atoms with Gasteiger partial charge in [0.1, 0.15) is 6.17 Å². The summed E-state index contributed by atoms with van der Waals surface area (Å²) in [5.41, 5.74) is 0.942. The maximum atomic E-state index is 13.2. The third-order valence-corrected chi connectivity index (χ3v) is 2.24. The third kappa shape index (κ3) is 2.39. The maximum absolute atomic E-state index is 13.2. The van der Waals surface area contributed by atoms with Gasteiger partial charge in [-0.25, -0.2) is 4.39 Å². The minimum atomic E-state index is -1.15. The van der Waals surface area contributed by atoms with E-state index in [1.807, 2.05) is 0 Å². The molecule has 0 aliphatic heterocycles. The van der Waals surface area contributed by atoms with Crippen LogP contribution in [0.4, 0.5) is 4.39 Å². The molecule has 0 saturated carbocycles. The monoisotopic (exact) mass is 214 g/mol. The fourth-order valence-corrected chi connectivity index (χ4v) is 1.44. The zero-order valence-electron chi connectivity index (χ0n) is 9.08. The first-order valence-electron chi connectivity index (χ1n) is 4.63. The Balaban J connectivity index is 3.27. The smallest absolute Gasteiger partial charge is 0.161 e. The number of benzene rings is 1. The molecule has 1 aromatic carbocycles. The molecule has 1 unspecified atom stereocenters. The second-order valence-electron chi connectivity index (χ2n) is 3.18. The molecular weight excluding hydrogens is 199 g/mol. The summed E-state index contributed by atoms with van der Waals surface area (Å²) < 4.78 is 23.3. The van der Waals surface area contributed by atoms with Crippen LogP contribution >= 0.6 is 0 Å². The van der Waals surface area contributed by atoms with Crippen molar-refractivity contribution in [2.24, 2.45) is 0 Å². The molecule has 0 aliphatic rings. The van der Waals surface area contributed by atoms with Crippen molar-refractivity contribution in [2.45, 2.75) is 19.7 Å². The lowest BCUT2D eigenvalue weighted by molar-refractivity contribution is 0.272. The molecule has 0 heterocycles. The van der Waals surface area contributed by atoms with Gasteiger partial charge in [0.25, 0.3) is 0 Å². The molecule has 0 bridgehead atoms. The molecule has 84 valence electrons. The number of hydrogen-bond acceptors (Lipinski definition) is 3. The normalized spacial score (nSPS) is 12.3. The van der Waals surface area contributed by atoms with Crippen molar-refractivity contribution in [1.29, 1.82) is 0 Å². The molecule has 4 heteroatoms. The maximum Gasteiger partial charge on any atom is 0.161 e. The molecule has 1 rings (SSSR count). The van der Waals surface area contributed by atoms with E-state index in [0.29, 0.717) is 22.6 Å². The minimum absolute atomic E-state index is 0.218. The second-order valence-corrected chi connectivity index (χ2v) is 3.18. The van der Waals surface area contributed by atoms with Crippen LogP contribution in [0.3, 0.4) is 0 Å². The summed E-state index contributed by atoms with van der Waals surface area (Å²) in [7, 11) is 2.99. The Morgan fingerprint density at radius 3 is 2.20 bits per heavy atom. The fraction of sp³-hybridized carbons (Fsp3) is 0.455. The Morgan fingerprint density at radius 2 is 1.80 bits per heavy atom. The molecule has 3 nitrogen and oxygen atoms in total. The number of ether oxygens (including phenoxy) is 2. The van der Waals surface area contributed by atoms with Gasteiger partial charge in [-0.1, -0.05) is 0 Å². The first-order chi connectivity index (χ1) is 7.13. The zero-order valence-corrected chi connectivity index (χ0v) is 9.08. The standard InChI is InChI=1S/C11H15FO3/c1-7(12)9-5-11(15-3)10(14-2)4-8(9)6-13/h4-5,7,13H,6H2,1-3H3. The molecule has 0 amide bonds. The Morgan fingerprint density at radius 1 is 1.27 bits per heavy atom. The van der Waals surface area contributed by atoms with Crippen molar-refractivity contribution in [2.75, 3.05) is 14.2 Å². The topological polar surface area (TPSA) is 38.7 Å². The van der Waals surface area contributed by atoms with Crippen molar-refractivity contribution < 1.29 is 19.0 Å². The van der Waals surface area contributed by atoms with E-state index in [-0.39, 0.29) is 6.61 Å². The van der Waals surface area contributed by atoms with Crippen LogP contribution in [-0.2, 0) is 6.61 Å². The first kappa shape index (κ1) is 11.8. The summed E-state index contributed by atoms with van der Waals surface area (Å²) in [5.74, 6) is 0.958. The number of halogens is 1. The van der Waals surface area contributed by atoms with Crippen molar-refractivity contribution in [3.63, 3.8) is 0 Å². The highest BCUT2D eigenvalue weighted by Gasteiger charge is 2.14. The number of methoxy groups -OCH3 is 2. The van der Waals surface area contributed by atoms with Crippen LogP contribution in [0, 0.1) is 0 Å². The molecule has 0 radical (unpaired) electrons. The van der Waals surface area contributed by atoms with Gasteiger partial charge in [0, 0.05) is 0 Å². The number of hydrogen-bond donors (Lipinski definition) is 1. The van der Waals surface area contributed by atoms with E-state index >= 15 is 0 Å². The quantitative estimate of drug-likeness (QED) is 0.835. The molecule has 0 aromatic heterocycles. The SMILES string of the molecule is COc1cc(CO)c(C(C)F)cc1OC. The predicted octanol–water partition coefficient (Wildman–Crippen LogP) is 2.23. The summed E-state index contributed by atoms with van der Waals surface area (Å²) >= 11 is 0. The van der Waals surface area contributed by atoms with E-state index in [0.717, 1.165) is 0 Å². The highest BCUT2D eigenvalue weighted by atomic mass is 19.1. The van der Waals surface area contributed by atoms with Crippen molar-refractivity contribution >= 4 is 0 Å². The predicted molar refractivity (Wildman–Crippen MR) is 55.0 cm³/mol. The van der Waals surface area contributed by atoms with Gasteiger partial charge in [0.15, 0.2) is 11.5 Å². The number of aliphatic hydroxyl groups excluding tert-OH is 1. The van der Waals surface area contributed by atoms with Gasteiger partial charge in [0.2, 0.25) is 0 Å². The van der Waals surface area contributed by atoms with Crippen molar-refractivity contribution in [1.82, 2.24) is 0 Å². The zero-order chi connectivity index (χ0) is 11.4. The number of rotatable bonds is 4. The van der Waals surface area contributed by atoms with Crippen LogP contribution in [0.5, 0.6) is 11.5 Å². The average molecular weight is 214 g/mol. The Labute approximate surface area is 88.4 Å². The Hall–Kier alpha value is -1.29. The van der Waals surface area contributed by atoms with E-state index in [1.54, 1.807) is 12.1 Å². The molecule has 0 aliphatic carbocycles. The van der Waals surface area contributed by atoms with Crippen LogP contribution in [-0.4, -0.2) is 19.3 Å². The second kappa shape index (κ2) is 4.98. The minimum Gasteiger partial charge on any atom is -0.493 e. The molecule has 0 fully saturated rings. The summed E-state index contributed by atoms with van der Waals surface area (Å²) in [6.07, 6.45) is -1.15. The van der Waals surface area contributed by atoms with E-state index in [4.69, 9.17) is 14.6 Å². The van der Waals surface area contributed by atoms with Crippen molar-refractivity contribution in [3.05, 3.63) is 23.3 Å². The van der Waals surface area contributed by atoms with Crippen LogP contribution < -0.4 is 9.47 Å². The highest BCUT2D eigenvalue weighted by Crippen LogP contribution is 2.34. The molecule has 0 saturated heterocycles. The number of aliphatic hydroxyl groups is 1. The summed E-state index contributed by atoms with van der Waals surface area (Å²) in [6.45, 7) is 1.20. The van der Waals surface area contributed by atoms with Crippen LogP contribution in [0.25, 0.3) is 0 Å². The summed E-state index contributed by atoms with van der Waals surface area (Å²) in [4.78, 5) is 0. The molecule has 0 spiro atoms. The summed E-state index contributed by atoms with van der Waals surface area (Å²) in [6, 6.07) is 3.14. The molecule has 1 aromatic rings. The molecule has 1 N–H and O–H groups in total. The van der Waals surface area contributed by atoms with Gasteiger partial charge in [-0.05, 0) is 30.2 Å². The lowest BCUT2D eigenvalue weighted by atomic mass is 10.0. The van der Waals surface area contributed by atoms with Gasteiger partial charge < -0.3 is 14.6 Å². The Bertz CT molecular complexity index is 337. The summed E-state index contributed by atoms with van der Waals surface area (Å²) in [5, 5.41) is 9.09. The van der Waals surface area contributed by atoms with Gasteiger partial charge in [0.05, 0.1) is 20.8 Å². The van der Waals surface area contributed by atoms with Crippen LogP contribution in [0.15, 0.2) is 12.1 Å². The van der Waals surface area contributed by atoms with Gasteiger partial charge in [-0.15, -0.1) is 0 Å². The van der Waals surface area contributed by atoms with Crippen molar-refractivity contribution in [3.8, 4) is 11.5 Å². The highest BCUT2D eigenvalue weighted by molar-refractivity contribution is 5.47. The van der Waals surface area contributed by atoms with Gasteiger partial charge in [-0.3, -0.25) is 0 Å².